The molecule has 1 aliphatic heterocycles. The van der Waals surface area contributed by atoms with E-state index in [1.54, 1.807) is 42.5 Å². The number of rotatable bonds is 3. The van der Waals surface area contributed by atoms with Crippen LogP contribution < -0.4 is 15.6 Å². The van der Waals surface area contributed by atoms with E-state index in [0.29, 0.717) is 11.1 Å². The number of fused-ring (bicyclic) bond motifs is 1. The summed E-state index contributed by atoms with van der Waals surface area (Å²) in [6.45, 7) is 1.49. The van der Waals surface area contributed by atoms with Gasteiger partial charge in [-0.05, 0) is 43.3 Å². The highest BCUT2D eigenvalue weighted by atomic mass is 79.9. The molecular formula is C17H15BrN4O4S. The smallest absolute Gasteiger partial charge is 0.269 e. The molecule has 2 aromatic rings. The molecule has 27 heavy (non-hydrogen) atoms. The molecule has 0 spiro atoms. The van der Waals surface area contributed by atoms with Crippen molar-refractivity contribution in [3.05, 3.63) is 64.1 Å². The van der Waals surface area contributed by atoms with Crippen LogP contribution in [0.1, 0.15) is 22.8 Å². The minimum absolute atomic E-state index is 0.0903. The van der Waals surface area contributed by atoms with Gasteiger partial charge in [-0.3, -0.25) is 30.2 Å². The maximum absolute atomic E-state index is 12.2. The standard InChI is InChI=1S/C17H15BrN4O4S/c1-10(16(23)20-21-17(24)11-6-8-12(18)9-7-11)19-15-13-4-2-3-5-14(13)27(25,26)22-15/h2-10H,1H3,(H,19,22)(H,20,23)(H,21,24)/t10-/m1/s1. The second-order valence-corrected chi connectivity index (χ2v) is 8.27. The summed E-state index contributed by atoms with van der Waals surface area (Å²) >= 11 is 3.27. The first-order valence-corrected chi connectivity index (χ1v) is 10.1. The summed E-state index contributed by atoms with van der Waals surface area (Å²) in [5.74, 6) is -0.980. The first kappa shape index (κ1) is 19.1. The van der Waals surface area contributed by atoms with E-state index in [1.807, 2.05) is 0 Å². The molecule has 3 rings (SSSR count). The lowest BCUT2D eigenvalue weighted by atomic mass is 10.2. The number of nitrogens with zero attached hydrogens (tertiary/aromatic N) is 1. The van der Waals surface area contributed by atoms with Gasteiger partial charge in [0.15, 0.2) is 0 Å². The predicted octanol–water partition coefficient (Wildman–Crippen LogP) is 1.34. The molecule has 0 bridgehead atoms. The number of hydrogen-bond acceptors (Lipinski definition) is 5. The molecule has 0 saturated carbocycles. The number of sulfonamides is 1. The summed E-state index contributed by atoms with van der Waals surface area (Å²) in [6.07, 6.45) is 0. The highest BCUT2D eigenvalue weighted by Crippen LogP contribution is 2.22. The molecule has 0 fully saturated rings. The summed E-state index contributed by atoms with van der Waals surface area (Å²) < 4.78 is 27.3. The van der Waals surface area contributed by atoms with E-state index in [9.17, 15) is 18.0 Å². The largest absolute Gasteiger partial charge is 0.271 e. The topological polar surface area (TPSA) is 117 Å². The molecule has 10 heteroatoms. The van der Waals surface area contributed by atoms with Crippen LogP contribution in [0.3, 0.4) is 0 Å². The minimum Gasteiger partial charge on any atom is -0.271 e. The quantitative estimate of drug-likeness (QED) is 0.611. The van der Waals surface area contributed by atoms with Crippen molar-refractivity contribution >= 4 is 43.6 Å². The van der Waals surface area contributed by atoms with Crippen molar-refractivity contribution in [3.8, 4) is 0 Å². The maximum Gasteiger partial charge on any atom is 0.269 e. The van der Waals surface area contributed by atoms with Crippen LogP contribution in [0.25, 0.3) is 0 Å². The van der Waals surface area contributed by atoms with Crippen LogP contribution in [0.2, 0.25) is 0 Å². The minimum atomic E-state index is -3.68. The first-order valence-electron chi connectivity index (χ1n) is 7.84. The fourth-order valence-corrected chi connectivity index (χ4v) is 3.88. The molecule has 3 N–H and O–H groups in total. The van der Waals surface area contributed by atoms with Crippen molar-refractivity contribution in [1.29, 1.82) is 0 Å². The Morgan fingerprint density at radius 1 is 1.07 bits per heavy atom. The molecule has 1 heterocycles. The second-order valence-electron chi connectivity index (χ2n) is 5.71. The number of amides is 2. The summed E-state index contributed by atoms with van der Waals surface area (Å²) in [7, 11) is -3.68. The molecule has 0 aliphatic carbocycles. The number of nitrogens with one attached hydrogen (secondary N) is 3. The van der Waals surface area contributed by atoms with Gasteiger partial charge in [0.05, 0.1) is 4.90 Å². The summed E-state index contributed by atoms with van der Waals surface area (Å²) in [5, 5.41) is 0. The lowest BCUT2D eigenvalue weighted by Crippen LogP contribution is -2.45. The fourth-order valence-electron chi connectivity index (χ4n) is 2.38. The van der Waals surface area contributed by atoms with Crippen molar-refractivity contribution in [2.24, 2.45) is 4.99 Å². The Balaban J connectivity index is 1.67. The maximum atomic E-state index is 12.2. The molecule has 0 saturated heterocycles. The Hall–Kier alpha value is -2.72. The Kier molecular flexibility index (Phi) is 5.29. The van der Waals surface area contributed by atoms with E-state index in [-0.39, 0.29) is 10.7 Å². The first-order chi connectivity index (χ1) is 12.8. The number of aliphatic imine (C=N–C) groups is 1. The van der Waals surface area contributed by atoms with Crippen molar-refractivity contribution < 1.29 is 18.0 Å². The van der Waals surface area contributed by atoms with E-state index < -0.39 is 27.9 Å². The van der Waals surface area contributed by atoms with Crippen LogP contribution >= 0.6 is 15.9 Å². The van der Waals surface area contributed by atoms with Gasteiger partial charge >= 0.3 is 0 Å². The molecule has 0 aromatic heterocycles. The third-order valence-corrected chi connectivity index (χ3v) is 5.70. The zero-order valence-electron chi connectivity index (χ0n) is 14.1. The molecular weight excluding hydrogens is 436 g/mol. The average molecular weight is 451 g/mol. The van der Waals surface area contributed by atoms with Gasteiger partial charge in [0, 0.05) is 15.6 Å². The van der Waals surface area contributed by atoms with Crippen LogP contribution in [0.4, 0.5) is 0 Å². The zero-order valence-corrected chi connectivity index (χ0v) is 16.5. The number of hydrogen-bond donors (Lipinski definition) is 3. The third-order valence-electron chi connectivity index (χ3n) is 3.77. The van der Waals surface area contributed by atoms with Gasteiger partial charge in [-0.1, -0.05) is 28.1 Å². The Bertz CT molecular complexity index is 1040. The third kappa shape index (κ3) is 4.17. The highest BCUT2D eigenvalue weighted by Gasteiger charge is 2.31. The average Bonchev–Trinajstić information content (AvgIpc) is 2.90. The van der Waals surface area contributed by atoms with Crippen LogP contribution in [-0.4, -0.2) is 32.1 Å². The van der Waals surface area contributed by atoms with E-state index >= 15 is 0 Å². The predicted molar refractivity (Wildman–Crippen MR) is 103 cm³/mol. The van der Waals surface area contributed by atoms with Crippen LogP contribution in [-0.2, 0) is 14.8 Å². The van der Waals surface area contributed by atoms with Crippen molar-refractivity contribution in [3.63, 3.8) is 0 Å². The van der Waals surface area contributed by atoms with Crippen LogP contribution in [0.15, 0.2) is 62.9 Å². The van der Waals surface area contributed by atoms with Crippen molar-refractivity contribution in [2.75, 3.05) is 0 Å². The number of benzene rings is 2. The molecule has 1 aliphatic rings. The molecule has 8 nitrogen and oxygen atoms in total. The van der Waals surface area contributed by atoms with Gasteiger partial charge < -0.3 is 0 Å². The summed E-state index contributed by atoms with van der Waals surface area (Å²) in [4.78, 5) is 28.4. The molecule has 140 valence electrons. The summed E-state index contributed by atoms with van der Waals surface area (Å²) in [5.41, 5.74) is 5.35. The van der Waals surface area contributed by atoms with Crippen molar-refractivity contribution in [1.82, 2.24) is 15.6 Å². The van der Waals surface area contributed by atoms with Gasteiger partial charge in [0.1, 0.15) is 11.9 Å². The Morgan fingerprint density at radius 2 is 1.74 bits per heavy atom. The number of carbonyl (C=O) groups excluding carboxylic acids is 2. The van der Waals surface area contributed by atoms with E-state index in [4.69, 9.17) is 0 Å². The Morgan fingerprint density at radius 3 is 2.44 bits per heavy atom. The lowest BCUT2D eigenvalue weighted by Gasteiger charge is -2.11. The van der Waals surface area contributed by atoms with Crippen LogP contribution in [0, 0.1) is 0 Å². The number of carbonyl (C=O) groups is 2. The number of amidine groups is 1. The molecule has 1 atom stereocenters. The lowest BCUT2D eigenvalue weighted by molar-refractivity contribution is -0.122. The zero-order chi connectivity index (χ0) is 19.6. The Labute approximate surface area is 164 Å². The SMILES string of the molecule is C[C@@H](N=C1NS(=O)(=O)c2ccccc21)C(=O)NNC(=O)c1ccc(Br)cc1. The molecule has 2 aromatic carbocycles. The van der Waals surface area contributed by atoms with Gasteiger partial charge in [-0.25, -0.2) is 8.42 Å². The number of halogens is 1. The van der Waals surface area contributed by atoms with Gasteiger partial charge in [-0.15, -0.1) is 0 Å². The normalized spacial score (nSPS) is 16.9. The van der Waals surface area contributed by atoms with Gasteiger partial charge in [0.2, 0.25) is 0 Å². The fraction of sp³-hybridized carbons (Fsp3) is 0.118. The molecule has 2 amide bonds. The summed E-state index contributed by atoms with van der Waals surface area (Å²) in [6, 6.07) is 12.0. The second kappa shape index (κ2) is 7.49. The van der Waals surface area contributed by atoms with Gasteiger partial charge in [0.25, 0.3) is 21.8 Å². The van der Waals surface area contributed by atoms with E-state index in [1.165, 1.54) is 13.0 Å². The monoisotopic (exact) mass is 450 g/mol. The molecule has 0 radical (unpaired) electrons. The van der Waals surface area contributed by atoms with E-state index in [0.717, 1.165) is 4.47 Å². The molecule has 0 unspecified atom stereocenters. The number of hydrazine groups is 1. The van der Waals surface area contributed by atoms with Gasteiger partial charge in [-0.2, -0.15) is 0 Å². The van der Waals surface area contributed by atoms with Crippen molar-refractivity contribution in [2.45, 2.75) is 17.9 Å². The highest BCUT2D eigenvalue weighted by molar-refractivity contribution is 9.10. The van der Waals surface area contributed by atoms with Crippen LogP contribution in [0.5, 0.6) is 0 Å². The van der Waals surface area contributed by atoms with E-state index in [2.05, 4.69) is 36.5 Å².